The van der Waals surface area contributed by atoms with Crippen molar-refractivity contribution in [3.05, 3.63) is 18.2 Å². The van der Waals surface area contributed by atoms with Crippen molar-refractivity contribution in [1.82, 2.24) is 0 Å². The zero-order valence-electron chi connectivity index (χ0n) is 10.0. The van der Waals surface area contributed by atoms with Gasteiger partial charge in [0.2, 0.25) is 0 Å². The molecule has 2 N–H and O–H groups in total. The monoisotopic (exact) mass is 240 g/mol. The Morgan fingerprint density at radius 3 is 2.47 bits per heavy atom. The number of hydrogen-bond donors (Lipinski definition) is 2. The van der Waals surface area contributed by atoms with E-state index >= 15 is 0 Å². The van der Waals surface area contributed by atoms with Gasteiger partial charge in [0.1, 0.15) is 5.75 Å². The number of ether oxygens (including phenoxy) is 2. The molecule has 94 valence electrons. The molecule has 0 saturated carbocycles. The minimum Gasteiger partial charge on any atom is -0.512 e. The van der Waals surface area contributed by atoms with Crippen LogP contribution in [0.3, 0.4) is 0 Å². The summed E-state index contributed by atoms with van der Waals surface area (Å²) in [6.45, 7) is 4.97. The highest BCUT2D eigenvalue weighted by molar-refractivity contribution is 6.33. The van der Waals surface area contributed by atoms with Crippen LogP contribution in [0.4, 0.5) is 0 Å². The molecule has 1 aromatic rings. The zero-order valence-corrected chi connectivity index (χ0v) is 10.0. The van der Waals surface area contributed by atoms with Crippen LogP contribution in [0, 0.1) is 0 Å². The van der Waals surface area contributed by atoms with Crippen molar-refractivity contribution in [3.63, 3.8) is 0 Å². The second kappa shape index (κ2) is 7.03. The lowest BCUT2D eigenvalue weighted by Gasteiger charge is -2.13. The number of benzene rings is 1. The number of rotatable bonds is 7. The summed E-state index contributed by atoms with van der Waals surface area (Å²) in [7, 11) is -1.84. The molecular formula is C11H17BO5. The van der Waals surface area contributed by atoms with Gasteiger partial charge in [0.25, 0.3) is 0 Å². The average Bonchev–Trinajstić information content (AvgIpc) is 2.28. The van der Waals surface area contributed by atoms with E-state index in [1.807, 2.05) is 13.8 Å². The van der Waals surface area contributed by atoms with Gasteiger partial charge in [0.05, 0.1) is 13.2 Å². The maximum Gasteiger partial charge on any atom is 0.707 e. The third-order valence-electron chi connectivity index (χ3n) is 1.92. The molecule has 0 atom stereocenters. The fourth-order valence-corrected chi connectivity index (χ4v) is 1.28. The molecule has 0 aliphatic carbocycles. The van der Waals surface area contributed by atoms with Crippen LogP contribution < -0.4 is 14.1 Å². The first kappa shape index (κ1) is 13.7. The second-order valence-corrected chi connectivity index (χ2v) is 3.33. The van der Waals surface area contributed by atoms with Crippen LogP contribution in [0.15, 0.2) is 18.2 Å². The lowest BCUT2D eigenvalue weighted by atomic mass is 10.2. The SMILES string of the molecule is CCCOc1ccc(OB(O)O)cc1OCC. The van der Waals surface area contributed by atoms with E-state index in [9.17, 15) is 0 Å². The summed E-state index contributed by atoms with van der Waals surface area (Å²) in [6.07, 6.45) is 0.902. The van der Waals surface area contributed by atoms with Crippen molar-refractivity contribution >= 4 is 7.32 Å². The van der Waals surface area contributed by atoms with E-state index in [4.69, 9.17) is 24.2 Å². The van der Waals surface area contributed by atoms with Crippen LogP contribution in [0.5, 0.6) is 17.2 Å². The van der Waals surface area contributed by atoms with E-state index < -0.39 is 7.32 Å². The zero-order chi connectivity index (χ0) is 12.7. The van der Waals surface area contributed by atoms with Crippen molar-refractivity contribution in [2.24, 2.45) is 0 Å². The normalized spacial score (nSPS) is 9.88. The van der Waals surface area contributed by atoms with Crippen molar-refractivity contribution < 1.29 is 24.2 Å². The highest BCUT2D eigenvalue weighted by Crippen LogP contribution is 2.31. The number of hydrogen-bond acceptors (Lipinski definition) is 5. The maximum atomic E-state index is 8.70. The van der Waals surface area contributed by atoms with Gasteiger partial charge in [-0.1, -0.05) is 6.92 Å². The molecule has 1 aromatic carbocycles. The highest BCUT2D eigenvalue weighted by atomic mass is 16.6. The third-order valence-corrected chi connectivity index (χ3v) is 1.92. The lowest BCUT2D eigenvalue weighted by Crippen LogP contribution is -2.20. The van der Waals surface area contributed by atoms with Gasteiger partial charge in [0, 0.05) is 6.07 Å². The summed E-state index contributed by atoms with van der Waals surface area (Å²) in [5.74, 6) is 1.46. The van der Waals surface area contributed by atoms with Crippen molar-refractivity contribution in [2.75, 3.05) is 13.2 Å². The van der Waals surface area contributed by atoms with Crippen LogP contribution in [0.1, 0.15) is 20.3 Å². The van der Waals surface area contributed by atoms with E-state index in [-0.39, 0.29) is 0 Å². The molecule has 0 amide bonds. The Morgan fingerprint density at radius 1 is 1.12 bits per heavy atom. The van der Waals surface area contributed by atoms with Crippen molar-refractivity contribution in [2.45, 2.75) is 20.3 Å². The van der Waals surface area contributed by atoms with Crippen LogP contribution in [-0.4, -0.2) is 30.6 Å². The lowest BCUT2D eigenvalue weighted by molar-refractivity contribution is 0.271. The van der Waals surface area contributed by atoms with Gasteiger partial charge in [-0.15, -0.1) is 0 Å². The van der Waals surface area contributed by atoms with Gasteiger partial charge in [-0.25, -0.2) is 0 Å². The highest BCUT2D eigenvalue weighted by Gasteiger charge is 2.13. The fraction of sp³-hybridized carbons (Fsp3) is 0.455. The molecule has 0 unspecified atom stereocenters. The van der Waals surface area contributed by atoms with E-state index in [1.165, 1.54) is 0 Å². The maximum absolute atomic E-state index is 8.70. The minimum atomic E-state index is -1.84. The summed E-state index contributed by atoms with van der Waals surface area (Å²) < 4.78 is 15.6. The summed E-state index contributed by atoms with van der Waals surface area (Å²) in [5, 5.41) is 17.4. The summed E-state index contributed by atoms with van der Waals surface area (Å²) in [4.78, 5) is 0. The molecule has 0 bridgehead atoms. The Hall–Kier alpha value is -1.40. The first-order valence-electron chi connectivity index (χ1n) is 5.59. The Morgan fingerprint density at radius 2 is 1.88 bits per heavy atom. The Kier molecular flexibility index (Phi) is 5.66. The molecule has 5 nitrogen and oxygen atoms in total. The molecule has 0 saturated heterocycles. The first-order chi connectivity index (χ1) is 8.17. The molecule has 0 heterocycles. The second-order valence-electron chi connectivity index (χ2n) is 3.33. The Balaban J connectivity index is 2.83. The van der Waals surface area contributed by atoms with Crippen LogP contribution in [-0.2, 0) is 0 Å². The largest absolute Gasteiger partial charge is 0.707 e. The van der Waals surface area contributed by atoms with E-state index in [0.29, 0.717) is 30.5 Å². The average molecular weight is 240 g/mol. The third kappa shape index (κ3) is 4.54. The Bertz CT molecular complexity index is 343. The smallest absolute Gasteiger partial charge is 0.512 e. The molecule has 0 spiro atoms. The topological polar surface area (TPSA) is 68.2 Å². The standard InChI is InChI=1S/C11H17BO5/c1-3-7-16-10-6-5-9(17-12(13)14)8-11(10)15-4-2/h5-6,8,13-14H,3-4,7H2,1-2H3. The molecule has 0 aromatic heterocycles. The molecular weight excluding hydrogens is 223 g/mol. The van der Waals surface area contributed by atoms with Crippen LogP contribution in [0.2, 0.25) is 0 Å². The van der Waals surface area contributed by atoms with Crippen LogP contribution >= 0.6 is 0 Å². The molecule has 0 radical (unpaired) electrons. The molecule has 6 heteroatoms. The van der Waals surface area contributed by atoms with Gasteiger partial charge in [-0.3, -0.25) is 0 Å². The van der Waals surface area contributed by atoms with Crippen molar-refractivity contribution in [3.8, 4) is 17.2 Å². The van der Waals surface area contributed by atoms with E-state index in [1.54, 1.807) is 18.2 Å². The van der Waals surface area contributed by atoms with Gasteiger partial charge in [0.15, 0.2) is 11.5 Å². The summed E-state index contributed by atoms with van der Waals surface area (Å²) in [6, 6.07) is 4.83. The summed E-state index contributed by atoms with van der Waals surface area (Å²) >= 11 is 0. The van der Waals surface area contributed by atoms with Gasteiger partial charge < -0.3 is 24.2 Å². The van der Waals surface area contributed by atoms with Gasteiger partial charge in [-0.2, -0.15) is 0 Å². The predicted octanol–water partition coefficient (Wildman–Crippen LogP) is 1.22. The first-order valence-corrected chi connectivity index (χ1v) is 5.59. The van der Waals surface area contributed by atoms with E-state index in [2.05, 4.69) is 0 Å². The van der Waals surface area contributed by atoms with Crippen LogP contribution in [0.25, 0.3) is 0 Å². The predicted molar refractivity (Wildman–Crippen MR) is 64.2 cm³/mol. The minimum absolute atomic E-state index is 0.312. The molecule has 0 aliphatic rings. The van der Waals surface area contributed by atoms with Crippen molar-refractivity contribution in [1.29, 1.82) is 0 Å². The molecule has 0 fully saturated rings. The molecule has 17 heavy (non-hydrogen) atoms. The Labute approximate surface area is 101 Å². The fourth-order valence-electron chi connectivity index (χ4n) is 1.28. The summed E-state index contributed by atoms with van der Waals surface area (Å²) in [5.41, 5.74) is 0. The quantitative estimate of drug-likeness (QED) is 0.701. The molecule has 0 aliphatic heterocycles. The van der Waals surface area contributed by atoms with Gasteiger partial charge in [-0.05, 0) is 25.5 Å². The molecule has 1 rings (SSSR count). The van der Waals surface area contributed by atoms with Gasteiger partial charge >= 0.3 is 7.32 Å². The van der Waals surface area contributed by atoms with E-state index in [0.717, 1.165) is 6.42 Å².